The molecule has 0 bridgehead atoms. The summed E-state index contributed by atoms with van der Waals surface area (Å²) in [7, 11) is 0. The average molecular weight is 234 g/mol. The first-order valence-corrected chi connectivity index (χ1v) is 6.06. The SMILES string of the molecule is C=C[C@@H](c1ccc(F)c(C)c1)N1CCNCC1. The van der Waals surface area contributed by atoms with E-state index in [4.69, 9.17) is 0 Å². The van der Waals surface area contributed by atoms with Crippen molar-refractivity contribution >= 4 is 0 Å². The number of benzene rings is 1. The molecule has 0 unspecified atom stereocenters. The van der Waals surface area contributed by atoms with E-state index in [1.54, 1.807) is 13.0 Å². The van der Waals surface area contributed by atoms with Gasteiger partial charge in [-0.1, -0.05) is 18.2 Å². The molecule has 2 nitrogen and oxygen atoms in total. The quantitative estimate of drug-likeness (QED) is 0.807. The van der Waals surface area contributed by atoms with Crippen molar-refractivity contribution in [2.45, 2.75) is 13.0 Å². The molecule has 3 heteroatoms. The highest BCUT2D eigenvalue weighted by molar-refractivity contribution is 5.29. The van der Waals surface area contributed by atoms with Crippen LogP contribution in [-0.4, -0.2) is 31.1 Å². The van der Waals surface area contributed by atoms with E-state index in [1.165, 1.54) is 0 Å². The van der Waals surface area contributed by atoms with Crippen molar-refractivity contribution in [2.24, 2.45) is 0 Å². The van der Waals surface area contributed by atoms with Gasteiger partial charge in [-0.25, -0.2) is 4.39 Å². The van der Waals surface area contributed by atoms with E-state index in [9.17, 15) is 4.39 Å². The number of halogens is 1. The van der Waals surface area contributed by atoms with Gasteiger partial charge in [-0.3, -0.25) is 4.90 Å². The van der Waals surface area contributed by atoms with Crippen LogP contribution < -0.4 is 5.32 Å². The van der Waals surface area contributed by atoms with Crippen molar-refractivity contribution in [3.8, 4) is 0 Å². The number of hydrogen-bond acceptors (Lipinski definition) is 2. The molecular weight excluding hydrogens is 215 g/mol. The number of rotatable bonds is 3. The lowest BCUT2D eigenvalue weighted by Gasteiger charge is -2.33. The Balaban J connectivity index is 2.21. The third-order valence-electron chi connectivity index (χ3n) is 3.29. The Morgan fingerprint density at radius 2 is 2.12 bits per heavy atom. The molecule has 0 aliphatic carbocycles. The predicted molar refractivity (Wildman–Crippen MR) is 68.5 cm³/mol. The monoisotopic (exact) mass is 234 g/mol. The minimum Gasteiger partial charge on any atom is -0.314 e. The molecule has 0 aromatic heterocycles. The number of piperazine rings is 1. The van der Waals surface area contributed by atoms with E-state index in [1.807, 2.05) is 18.2 Å². The van der Waals surface area contributed by atoms with Crippen molar-refractivity contribution in [1.29, 1.82) is 0 Å². The van der Waals surface area contributed by atoms with Gasteiger partial charge in [0.25, 0.3) is 0 Å². The summed E-state index contributed by atoms with van der Waals surface area (Å²) in [5.74, 6) is -0.142. The zero-order valence-corrected chi connectivity index (χ0v) is 10.2. The van der Waals surface area contributed by atoms with Gasteiger partial charge in [0.1, 0.15) is 5.82 Å². The molecule has 1 aromatic rings. The lowest BCUT2D eigenvalue weighted by Crippen LogP contribution is -2.44. The van der Waals surface area contributed by atoms with Gasteiger partial charge in [0.15, 0.2) is 0 Å². The maximum absolute atomic E-state index is 13.3. The lowest BCUT2D eigenvalue weighted by atomic mass is 10.0. The van der Waals surface area contributed by atoms with Crippen LogP contribution >= 0.6 is 0 Å². The molecule has 1 aromatic carbocycles. The normalized spacial score (nSPS) is 18.9. The standard InChI is InChI=1S/C14H19FN2/c1-3-14(17-8-6-16-7-9-17)12-4-5-13(15)11(2)10-12/h3-5,10,14,16H,1,6-9H2,2H3/t14-/m0/s1. The molecule has 2 rings (SSSR count). The molecule has 1 aliphatic rings. The van der Waals surface area contributed by atoms with Crippen LogP contribution in [0.1, 0.15) is 17.2 Å². The summed E-state index contributed by atoms with van der Waals surface area (Å²) < 4.78 is 13.3. The van der Waals surface area contributed by atoms with Crippen LogP contribution in [0.5, 0.6) is 0 Å². The third kappa shape index (κ3) is 2.73. The van der Waals surface area contributed by atoms with Gasteiger partial charge in [0, 0.05) is 26.2 Å². The van der Waals surface area contributed by atoms with Crippen LogP contribution in [0, 0.1) is 12.7 Å². The van der Waals surface area contributed by atoms with E-state index in [0.717, 1.165) is 31.7 Å². The number of nitrogens with one attached hydrogen (secondary N) is 1. The van der Waals surface area contributed by atoms with E-state index in [-0.39, 0.29) is 11.9 Å². The smallest absolute Gasteiger partial charge is 0.126 e. The largest absolute Gasteiger partial charge is 0.314 e. The summed E-state index contributed by atoms with van der Waals surface area (Å²) in [5.41, 5.74) is 1.82. The van der Waals surface area contributed by atoms with Gasteiger partial charge in [-0.05, 0) is 24.1 Å². The van der Waals surface area contributed by atoms with Crippen LogP contribution in [0.25, 0.3) is 0 Å². The molecule has 1 heterocycles. The maximum atomic E-state index is 13.3. The van der Waals surface area contributed by atoms with E-state index in [2.05, 4.69) is 16.8 Å². The Morgan fingerprint density at radius 1 is 1.41 bits per heavy atom. The Morgan fingerprint density at radius 3 is 2.71 bits per heavy atom. The van der Waals surface area contributed by atoms with Crippen LogP contribution in [0.15, 0.2) is 30.9 Å². The van der Waals surface area contributed by atoms with Crippen LogP contribution in [0.3, 0.4) is 0 Å². The summed E-state index contributed by atoms with van der Waals surface area (Å²) in [4.78, 5) is 2.37. The van der Waals surface area contributed by atoms with Gasteiger partial charge in [0.05, 0.1) is 6.04 Å². The highest BCUT2D eigenvalue weighted by Crippen LogP contribution is 2.23. The first kappa shape index (κ1) is 12.3. The summed E-state index contributed by atoms with van der Waals surface area (Å²) >= 11 is 0. The number of nitrogens with zero attached hydrogens (tertiary/aromatic N) is 1. The molecule has 92 valence electrons. The van der Waals surface area contributed by atoms with Gasteiger partial charge in [-0.15, -0.1) is 6.58 Å². The van der Waals surface area contributed by atoms with Gasteiger partial charge in [0.2, 0.25) is 0 Å². The molecule has 1 saturated heterocycles. The molecule has 1 atom stereocenters. The van der Waals surface area contributed by atoms with Gasteiger partial charge < -0.3 is 5.32 Å². The lowest BCUT2D eigenvalue weighted by molar-refractivity contribution is 0.203. The van der Waals surface area contributed by atoms with Crippen molar-refractivity contribution in [3.05, 3.63) is 47.8 Å². The van der Waals surface area contributed by atoms with Gasteiger partial charge in [-0.2, -0.15) is 0 Å². The topological polar surface area (TPSA) is 15.3 Å². The van der Waals surface area contributed by atoms with Crippen LogP contribution in [-0.2, 0) is 0 Å². The minimum atomic E-state index is -0.142. The van der Waals surface area contributed by atoms with Crippen molar-refractivity contribution in [3.63, 3.8) is 0 Å². The third-order valence-corrected chi connectivity index (χ3v) is 3.29. The van der Waals surface area contributed by atoms with Crippen molar-refractivity contribution in [1.82, 2.24) is 10.2 Å². The fraction of sp³-hybridized carbons (Fsp3) is 0.429. The number of hydrogen-bond donors (Lipinski definition) is 1. The van der Waals surface area contributed by atoms with Gasteiger partial charge >= 0.3 is 0 Å². The Hall–Kier alpha value is -1.19. The average Bonchev–Trinajstić information content (AvgIpc) is 2.36. The molecule has 1 fully saturated rings. The Bertz CT molecular complexity index is 397. The second-order valence-electron chi connectivity index (χ2n) is 4.48. The molecule has 1 aliphatic heterocycles. The van der Waals surface area contributed by atoms with Crippen LogP contribution in [0.4, 0.5) is 4.39 Å². The molecule has 0 spiro atoms. The molecule has 0 saturated carbocycles. The molecule has 1 N–H and O–H groups in total. The first-order chi connectivity index (χ1) is 8.22. The Labute approximate surface area is 102 Å². The molecular formula is C14H19FN2. The fourth-order valence-electron chi connectivity index (χ4n) is 2.31. The van der Waals surface area contributed by atoms with E-state index >= 15 is 0 Å². The van der Waals surface area contributed by atoms with E-state index < -0.39 is 0 Å². The van der Waals surface area contributed by atoms with Crippen molar-refractivity contribution < 1.29 is 4.39 Å². The zero-order chi connectivity index (χ0) is 12.3. The highest BCUT2D eigenvalue weighted by atomic mass is 19.1. The predicted octanol–water partition coefficient (Wildman–Crippen LogP) is 2.27. The highest BCUT2D eigenvalue weighted by Gasteiger charge is 2.19. The maximum Gasteiger partial charge on any atom is 0.126 e. The first-order valence-electron chi connectivity index (χ1n) is 6.06. The molecule has 0 radical (unpaired) electrons. The molecule has 0 amide bonds. The minimum absolute atomic E-state index is 0.142. The summed E-state index contributed by atoms with van der Waals surface area (Å²) in [6.07, 6.45) is 1.94. The van der Waals surface area contributed by atoms with Crippen LogP contribution in [0.2, 0.25) is 0 Å². The second-order valence-corrected chi connectivity index (χ2v) is 4.48. The summed E-state index contributed by atoms with van der Waals surface area (Å²) in [6.45, 7) is 9.73. The second kappa shape index (κ2) is 5.43. The van der Waals surface area contributed by atoms with Crippen molar-refractivity contribution in [2.75, 3.05) is 26.2 Å². The van der Waals surface area contributed by atoms with E-state index in [0.29, 0.717) is 5.56 Å². The molecule has 17 heavy (non-hydrogen) atoms. The number of aryl methyl sites for hydroxylation is 1. The Kier molecular flexibility index (Phi) is 3.92. The fourth-order valence-corrected chi connectivity index (χ4v) is 2.31. The zero-order valence-electron chi connectivity index (χ0n) is 10.2. The summed E-state index contributed by atoms with van der Waals surface area (Å²) in [5, 5.41) is 3.33. The summed E-state index contributed by atoms with van der Waals surface area (Å²) in [6, 6.07) is 5.51.